The highest BCUT2D eigenvalue weighted by Gasteiger charge is 2.38. The summed E-state index contributed by atoms with van der Waals surface area (Å²) in [6.07, 6.45) is 11.9. The van der Waals surface area contributed by atoms with Crippen LogP contribution in [0.5, 0.6) is 0 Å². The number of aromatic amines is 2. The molecule has 3 amide bonds. The van der Waals surface area contributed by atoms with Gasteiger partial charge in [0.2, 0.25) is 12.0 Å². The molecule has 0 saturated carbocycles. The second-order valence-corrected chi connectivity index (χ2v) is 13.4. The van der Waals surface area contributed by atoms with Crippen LogP contribution < -0.4 is 5.73 Å². The van der Waals surface area contributed by atoms with Gasteiger partial charge in [-0.25, -0.2) is 24.7 Å². The van der Waals surface area contributed by atoms with E-state index in [2.05, 4.69) is 34.9 Å². The first kappa shape index (κ1) is 34.4. The Bertz CT molecular complexity index is 2240. The second-order valence-electron chi connectivity index (χ2n) is 13.4. The van der Waals surface area contributed by atoms with Crippen molar-refractivity contribution >= 4 is 17.9 Å². The van der Waals surface area contributed by atoms with Crippen LogP contribution in [0.1, 0.15) is 66.6 Å². The molecule has 14 nitrogen and oxygen atoms in total. The number of carbonyl (C=O) groups excluding carboxylic acids is 3. The predicted octanol–water partition coefficient (Wildman–Crippen LogP) is 5.73. The number of pyridine rings is 1. The van der Waals surface area contributed by atoms with E-state index >= 15 is 0 Å². The van der Waals surface area contributed by atoms with Gasteiger partial charge >= 0.3 is 6.09 Å². The first-order valence-electron chi connectivity index (χ1n) is 17.9. The average Bonchev–Trinajstić information content (AvgIpc) is 4.04. The lowest BCUT2D eigenvalue weighted by atomic mass is 10.1. The van der Waals surface area contributed by atoms with E-state index in [4.69, 9.17) is 10.5 Å². The maximum absolute atomic E-state index is 13.7. The summed E-state index contributed by atoms with van der Waals surface area (Å²) in [4.78, 5) is 71.6. The van der Waals surface area contributed by atoms with Gasteiger partial charge < -0.3 is 30.2 Å². The first-order chi connectivity index (χ1) is 26.4. The highest BCUT2D eigenvalue weighted by molar-refractivity contribution is 5.85. The summed E-state index contributed by atoms with van der Waals surface area (Å²) in [5, 5.41) is 0. The Balaban J connectivity index is 0.921. The van der Waals surface area contributed by atoms with Crippen molar-refractivity contribution in [3.05, 3.63) is 127 Å². The van der Waals surface area contributed by atoms with E-state index in [0.29, 0.717) is 48.8 Å². The molecule has 54 heavy (non-hydrogen) atoms. The highest BCUT2D eigenvalue weighted by Crippen LogP contribution is 2.35. The van der Waals surface area contributed by atoms with Crippen LogP contribution in [-0.4, -0.2) is 75.7 Å². The normalized spacial score (nSPS) is 17.4. The monoisotopic (exact) mass is 722 g/mol. The average molecular weight is 723 g/mol. The van der Waals surface area contributed by atoms with Crippen molar-refractivity contribution in [2.45, 2.75) is 50.3 Å². The maximum Gasteiger partial charge on any atom is 0.405 e. The quantitative estimate of drug-likeness (QED) is 0.159. The number of primary amides is 1. The first-order valence-corrected chi connectivity index (χ1v) is 17.9. The molecule has 0 spiro atoms. The molecular formula is C40H38N10O4. The summed E-state index contributed by atoms with van der Waals surface area (Å²) in [7, 11) is 0. The zero-order valence-corrected chi connectivity index (χ0v) is 29.3. The lowest BCUT2D eigenvalue weighted by molar-refractivity contribution is -0.141. The highest BCUT2D eigenvalue weighted by atomic mass is 16.6. The molecule has 0 aliphatic carbocycles. The summed E-state index contributed by atoms with van der Waals surface area (Å²) in [6, 6.07) is 20.1. The van der Waals surface area contributed by atoms with Gasteiger partial charge in [-0.2, -0.15) is 0 Å². The van der Waals surface area contributed by atoms with Gasteiger partial charge in [-0.3, -0.25) is 14.6 Å². The molecule has 14 heteroatoms. The van der Waals surface area contributed by atoms with Crippen LogP contribution in [0.25, 0.3) is 33.9 Å². The summed E-state index contributed by atoms with van der Waals surface area (Å²) in [5.74, 6) is 1.70. The fourth-order valence-corrected chi connectivity index (χ4v) is 7.32. The number of nitrogens with zero attached hydrogens (tertiary/aromatic N) is 7. The molecule has 4 N–H and O–H groups in total. The minimum absolute atomic E-state index is 0.0743. The molecule has 2 fully saturated rings. The Kier molecular flexibility index (Phi) is 9.62. The molecule has 2 aliphatic rings. The lowest BCUT2D eigenvalue weighted by Gasteiger charge is -2.27. The topological polar surface area (TPSA) is 189 Å². The number of benzene rings is 2. The molecule has 3 atom stereocenters. The van der Waals surface area contributed by atoms with E-state index in [-0.39, 0.29) is 23.9 Å². The number of likely N-dealkylation sites (tertiary alicyclic amines) is 2. The van der Waals surface area contributed by atoms with Crippen molar-refractivity contribution in [3.8, 4) is 33.9 Å². The van der Waals surface area contributed by atoms with Gasteiger partial charge in [-0.05, 0) is 42.9 Å². The molecule has 6 heterocycles. The number of hydrogen-bond acceptors (Lipinski definition) is 9. The molecule has 8 rings (SSSR count). The number of imidazole rings is 2. The number of ether oxygens (including phenoxy) is 1. The van der Waals surface area contributed by atoms with Gasteiger partial charge in [-0.15, -0.1) is 0 Å². The van der Waals surface area contributed by atoms with Gasteiger partial charge in [0.05, 0.1) is 42.3 Å². The summed E-state index contributed by atoms with van der Waals surface area (Å²) < 4.78 is 5.27. The standard InChI is InChI=1S/C40H38N10O4/c41-40(53)54-35(27-8-2-1-3-9-27)39(52)50-18-6-11-33(50)38-46-24-31(48-38)29-21-43-36(44-22-29)28-14-12-26(13-15-28)30-23-45-37(47-30)32-10-5-17-49(32)34(51)19-25-7-4-16-42-20-25/h1-4,7-9,12-16,20-24,32-33,35H,5-6,10-11,17-19H2,(H2,41,53)(H,45,47)(H,46,48)/t32-,33-,35+/m0/s1. The van der Waals surface area contributed by atoms with Gasteiger partial charge in [0, 0.05) is 54.6 Å². The van der Waals surface area contributed by atoms with Crippen LogP contribution in [0.2, 0.25) is 0 Å². The fraction of sp³-hybridized carbons (Fsp3) is 0.250. The molecule has 272 valence electrons. The van der Waals surface area contributed by atoms with E-state index in [1.807, 2.05) is 53.6 Å². The van der Waals surface area contributed by atoms with Gasteiger partial charge in [0.25, 0.3) is 5.91 Å². The number of H-pyrrole nitrogens is 2. The Morgan fingerprint density at radius 1 is 0.722 bits per heavy atom. The molecule has 4 aromatic heterocycles. The number of amides is 3. The summed E-state index contributed by atoms with van der Waals surface area (Å²) in [5.41, 5.74) is 10.9. The third-order valence-electron chi connectivity index (χ3n) is 9.99. The van der Waals surface area contributed by atoms with Gasteiger partial charge in [-0.1, -0.05) is 60.7 Å². The molecule has 0 bridgehead atoms. The van der Waals surface area contributed by atoms with Crippen LogP contribution in [0.15, 0.2) is 104 Å². The lowest BCUT2D eigenvalue weighted by Crippen LogP contribution is -2.37. The fourth-order valence-electron chi connectivity index (χ4n) is 7.32. The number of nitrogens with one attached hydrogen (secondary N) is 2. The maximum atomic E-state index is 13.7. The van der Waals surface area contributed by atoms with Crippen molar-refractivity contribution in [3.63, 3.8) is 0 Å². The SMILES string of the molecule is NC(=O)O[C@@H](C(=O)N1CCC[C@H]1c1ncc(-c2cnc(-c3ccc(-c4cnc([C@@H]5CCCN5C(=O)Cc5cccnc5)[nH]4)cc3)nc2)[nH]1)c1ccccc1. The molecule has 0 unspecified atom stereocenters. The number of nitrogens with two attached hydrogens (primary N) is 1. The third kappa shape index (κ3) is 7.18. The van der Waals surface area contributed by atoms with Crippen molar-refractivity contribution < 1.29 is 19.1 Å². The molecular weight excluding hydrogens is 685 g/mol. The van der Waals surface area contributed by atoms with Crippen LogP contribution >= 0.6 is 0 Å². The van der Waals surface area contributed by atoms with Crippen molar-refractivity contribution in [2.24, 2.45) is 5.73 Å². The molecule has 2 aliphatic heterocycles. The van der Waals surface area contributed by atoms with E-state index in [1.54, 1.807) is 60.1 Å². The molecule has 6 aromatic rings. The largest absolute Gasteiger partial charge is 0.431 e. The molecule has 2 saturated heterocycles. The number of carbonyl (C=O) groups is 3. The van der Waals surface area contributed by atoms with E-state index in [9.17, 15) is 14.4 Å². The van der Waals surface area contributed by atoms with Crippen LogP contribution in [0.3, 0.4) is 0 Å². The van der Waals surface area contributed by atoms with Gasteiger partial charge in [0.1, 0.15) is 11.6 Å². The number of aromatic nitrogens is 7. The zero-order chi connectivity index (χ0) is 37.0. The Morgan fingerprint density at radius 2 is 1.35 bits per heavy atom. The van der Waals surface area contributed by atoms with E-state index in [0.717, 1.165) is 53.0 Å². The summed E-state index contributed by atoms with van der Waals surface area (Å²) in [6.45, 7) is 1.21. The predicted molar refractivity (Wildman–Crippen MR) is 198 cm³/mol. The minimum Gasteiger partial charge on any atom is -0.431 e. The van der Waals surface area contributed by atoms with E-state index < -0.39 is 12.2 Å². The van der Waals surface area contributed by atoms with Crippen molar-refractivity contribution in [1.29, 1.82) is 0 Å². The number of rotatable bonds is 10. The molecule has 2 aromatic carbocycles. The van der Waals surface area contributed by atoms with Crippen LogP contribution in [0, 0.1) is 0 Å². The van der Waals surface area contributed by atoms with Crippen LogP contribution in [0.4, 0.5) is 4.79 Å². The van der Waals surface area contributed by atoms with Crippen molar-refractivity contribution in [2.75, 3.05) is 13.1 Å². The van der Waals surface area contributed by atoms with E-state index in [1.165, 1.54) is 0 Å². The minimum atomic E-state index is -1.14. The molecule has 0 radical (unpaired) electrons. The number of hydrogen-bond donors (Lipinski definition) is 3. The summed E-state index contributed by atoms with van der Waals surface area (Å²) >= 11 is 0. The second kappa shape index (κ2) is 15.1. The Labute approximate surface area is 310 Å². The van der Waals surface area contributed by atoms with Gasteiger partial charge in [0.15, 0.2) is 5.82 Å². The zero-order valence-electron chi connectivity index (χ0n) is 29.3. The Morgan fingerprint density at radius 3 is 2.00 bits per heavy atom. The smallest absolute Gasteiger partial charge is 0.405 e. The van der Waals surface area contributed by atoms with Crippen molar-refractivity contribution in [1.82, 2.24) is 44.7 Å². The van der Waals surface area contributed by atoms with Crippen LogP contribution in [-0.2, 0) is 20.7 Å². The Hall–Kier alpha value is -6.70. The third-order valence-corrected chi connectivity index (χ3v) is 9.99.